The van der Waals surface area contributed by atoms with E-state index in [2.05, 4.69) is 0 Å². The van der Waals surface area contributed by atoms with E-state index in [4.69, 9.17) is 14.9 Å². The Morgan fingerprint density at radius 2 is 2.67 bits per heavy atom. The molecule has 4 heteroatoms. The third-order valence-corrected chi connectivity index (χ3v) is 1.20. The predicted molar refractivity (Wildman–Crippen MR) is 32.6 cm³/mol. The van der Waals surface area contributed by atoms with Gasteiger partial charge in [0, 0.05) is 6.42 Å². The van der Waals surface area contributed by atoms with Crippen molar-refractivity contribution in [3.05, 3.63) is 11.8 Å². The summed E-state index contributed by atoms with van der Waals surface area (Å²) in [6.45, 7) is -0.0790. The van der Waals surface area contributed by atoms with Crippen molar-refractivity contribution in [2.24, 2.45) is 0 Å². The van der Waals surface area contributed by atoms with E-state index in [1.807, 2.05) is 0 Å². The highest BCUT2D eigenvalue weighted by Crippen LogP contribution is 2.14. The summed E-state index contributed by atoms with van der Waals surface area (Å²) in [7, 11) is 0.985. The summed E-state index contributed by atoms with van der Waals surface area (Å²) in [4.78, 5) is 0. The van der Waals surface area contributed by atoms with E-state index in [9.17, 15) is 0 Å². The van der Waals surface area contributed by atoms with Crippen LogP contribution in [0.3, 0.4) is 0 Å². The van der Waals surface area contributed by atoms with Crippen molar-refractivity contribution in [2.45, 2.75) is 12.4 Å². The second-order valence-corrected chi connectivity index (χ2v) is 1.87. The first-order valence-electron chi connectivity index (χ1n) is 2.81. The molecule has 3 nitrogen and oxygen atoms in total. The minimum absolute atomic E-state index is 0.0790. The second kappa shape index (κ2) is 2.89. The lowest BCUT2D eigenvalue weighted by Crippen LogP contribution is -2.15. The van der Waals surface area contributed by atoms with Crippen LogP contribution in [0.5, 0.6) is 0 Å². The van der Waals surface area contributed by atoms with Crippen LogP contribution in [0.15, 0.2) is 11.8 Å². The third kappa shape index (κ3) is 1.46. The molecule has 2 N–H and O–H groups in total. The van der Waals surface area contributed by atoms with Gasteiger partial charge in [-0.05, 0) is 6.08 Å². The van der Waals surface area contributed by atoms with Gasteiger partial charge in [-0.2, -0.15) is 0 Å². The third-order valence-electron chi connectivity index (χ3n) is 1.20. The number of hydrogen-bond acceptors (Lipinski definition) is 3. The Morgan fingerprint density at radius 3 is 3.00 bits per heavy atom. The van der Waals surface area contributed by atoms with E-state index in [1.165, 1.54) is 0 Å². The zero-order valence-corrected chi connectivity index (χ0v) is 4.95. The monoisotopic (exact) mass is 127 g/mol. The molecule has 0 fully saturated rings. The average molecular weight is 127 g/mol. The average Bonchev–Trinajstić information content (AvgIpc) is 2.34. The smallest absolute Gasteiger partial charge is 0.336 e. The lowest BCUT2D eigenvalue weighted by atomic mass is 9.90. The number of aliphatic hydroxyl groups is 1. The van der Waals surface area contributed by atoms with Crippen molar-refractivity contribution in [1.29, 1.82) is 0 Å². The van der Waals surface area contributed by atoms with E-state index >= 15 is 0 Å². The Balaban J connectivity index is 2.31. The Hall–Kier alpha value is -0.475. The van der Waals surface area contributed by atoms with Gasteiger partial charge in [0.15, 0.2) is 0 Å². The molecule has 0 aromatic carbocycles. The standard InChI is InChI=1S/C5H8BO3/c7-3-4-1-2-5(6-8)9-4/h1,5,7-8H,2-3H2. The highest BCUT2D eigenvalue weighted by Gasteiger charge is 2.17. The molecule has 0 aromatic heterocycles. The van der Waals surface area contributed by atoms with Crippen molar-refractivity contribution in [3.63, 3.8) is 0 Å². The summed E-state index contributed by atoms with van der Waals surface area (Å²) < 4.78 is 4.97. The number of aliphatic hydroxyl groups excluding tert-OH is 1. The maximum atomic E-state index is 8.49. The van der Waals surface area contributed by atoms with Crippen LogP contribution < -0.4 is 0 Å². The number of ether oxygens (including phenoxy) is 1. The fourth-order valence-electron chi connectivity index (χ4n) is 0.731. The Labute approximate surface area is 54.2 Å². The summed E-state index contributed by atoms with van der Waals surface area (Å²) >= 11 is 0. The second-order valence-electron chi connectivity index (χ2n) is 1.87. The van der Waals surface area contributed by atoms with Gasteiger partial charge < -0.3 is 14.9 Å². The first-order valence-corrected chi connectivity index (χ1v) is 2.81. The van der Waals surface area contributed by atoms with E-state index in [0.717, 1.165) is 7.48 Å². The molecule has 1 rings (SSSR count). The number of hydrogen-bond donors (Lipinski definition) is 2. The lowest BCUT2D eigenvalue weighted by molar-refractivity contribution is 0.153. The highest BCUT2D eigenvalue weighted by molar-refractivity contribution is 6.27. The van der Waals surface area contributed by atoms with Gasteiger partial charge in [-0.15, -0.1) is 0 Å². The first-order chi connectivity index (χ1) is 4.36. The summed E-state index contributed by atoms with van der Waals surface area (Å²) in [6.07, 6.45) is 2.42. The van der Waals surface area contributed by atoms with Crippen LogP contribution in [-0.4, -0.2) is 30.2 Å². The molecule has 0 saturated heterocycles. The van der Waals surface area contributed by atoms with Gasteiger partial charge in [0.1, 0.15) is 18.4 Å². The molecule has 1 heterocycles. The van der Waals surface area contributed by atoms with Gasteiger partial charge >= 0.3 is 7.48 Å². The summed E-state index contributed by atoms with van der Waals surface area (Å²) in [5.41, 5.74) is 0. The summed E-state index contributed by atoms with van der Waals surface area (Å²) in [5, 5.41) is 16.9. The molecule has 0 spiro atoms. The van der Waals surface area contributed by atoms with E-state index in [-0.39, 0.29) is 12.6 Å². The Kier molecular flexibility index (Phi) is 2.13. The Morgan fingerprint density at radius 1 is 1.89 bits per heavy atom. The van der Waals surface area contributed by atoms with Gasteiger partial charge in [-0.1, -0.05) is 0 Å². The molecule has 1 unspecified atom stereocenters. The maximum Gasteiger partial charge on any atom is 0.336 e. The normalized spacial score (nSPS) is 25.1. The fourth-order valence-corrected chi connectivity index (χ4v) is 0.731. The van der Waals surface area contributed by atoms with Crippen molar-refractivity contribution in [1.82, 2.24) is 0 Å². The quantitative estimate of drug-likeness (QED) is 0.478. The topological polar surface area (TPSA) is 49.7 Å². The maximum absolute atomic E-state index is 8.49. The molecule has 1 aliphatic heterocycles. The fraction of sp³-hybridized carbons (Fsp3) is 0.600. The summed E-state index contributed by atoms with van der Waals surface area (Å²) in [5.74, 6) is 0.547. The minimum Gasteiger partial charge on any atom is -0.498 e. The van der Waals surface area contributed by atoms with Crippen LogP contribution in [0.4, 0.5) is 0 Å². The number of rotatable bonds is 2. The van der Waals surface area contributed by atoms with Crippen LogP contribution in [0.25, 0.3) is 0 Å². The van der Waals surface area contributed by atoms with Gasteiger partial charge in [0.25, 0.3) is 0 Å². The largest absolute Gasteiger partial charge is 0.498 e. The molecule has 1 radical (unpaired) electrons. The molecule has 0 amide bonds. The molecule has 0 saturated carbocycles. The molecule has 1 aliphatic rings. The molecule has 9 heavy (non-hydrogen) atoms. The van der Waals surface area contributed by atoms with Gasteiger partial charge in [0.05, 0.1) is 0 Å². The van der Waals surface area contributed by atoms with Gasteiger partial charge in [0.2, 0.25) is 0 Å². The van der Waals surface area contributed by atoms with Crippen LogP contribution >= 0.6 is 0 Å². The van der Waals surface area contributed by atoms with E-state index in [1.54, 1.807) is 6.08 Å². The van der Waals surface area contributed by atoms with Crippen LogP contribution in [0.2, 0.25) is 0 Å². The van der Waals surface area contributed by atoms with Crippen LogP contribution in [-0.2, 0) is 4.74 Å². The summed E-state index contributed by atoms with van der Waals surface area (Å²) in [6, 6.07) is -0.243. The molecule has 1 atom stereocenters. The molecular formula is C5H8BO3. The highest BCUT2D eigenvalue weighted by atomic mass is 16.5. The van der Waals surface area contributed by atoms with Crippen molar-refractivity contribution >= 4 is 7.48 Å². The lowest BCUT2D eigenvalue weighted by Gasteiger charge is -2.06. The van der Waals surface area contributed by atoms with Crippen LogP contribution in [0.1, 0.15) is 6.42 Å². The molecule has 0 aliphatic carbocycles. The SMILES string of the molecule is O[B]C1CC=C(CO)O1. The van der Waals surface area contributed by atoms with E-state index < -0.39 is 0 Å². The van der Waals surface area contributed by atoms with Crippen molar-refractivity contribution < 1.29 is 14.9 Å². The zero-order chi connectivity index (χ0) is 6.69. The first kappa shape index (κ1) is 6.64. The molecule has 49 valence electrons. The van der Waals surface area contributed by atoms with Crippen molar-refractivity contribution in [3.8, 4) is 0 Å². The van der Waals surface area contributed by atoms with E-state index in [0.29, 0.717) is 12.2 Å². The van der Waals surface area contributed by atoms with Gasteiger partial charge in [-0.3, -0.25) is 0 Å². The molecular weight excluding hydrogens is 119 g/mol. The van der Waals surface area contributed by atoms with Crippen LogP contribution in [0, 0.1) is 0 Å². The Bertz CT molecular complexity index is 123. The zero-order valence-electron chi connectivity index (χ0n) is 4.95. The molecule has 0 aromatic rings. The van der Waals surface area contributed by atoms with Crippen molar-refractivity contribution in [2.75, 3.05) is 6.61 Å². The van der Waals surface area contributed by atoms with Gasteiger partial charge in [-0.25, -0.2) is 0 Å². The predicted octanol–water partition coefficient (Wildman–Crippen LogP) is -0.780. The minimum atomic E-state index is -0.243. The molecule has 0 bridgehead atoms.